The second kappa shape index (κ2) is 6.68. The van der Waals surface area contributed by atoms with E-state index in [1.807, 2.05) is 24.3 Å². The number of halogens is 1. The number of nitrogens with one attached hydrogen (secondary N) is 1. The number of rotatable bonds is 6. The van der Waals surface area contributed by atoms with Crippen LogP contribution < -0.4 is 5.32 Å². The first-order valence-electron chi connectivity index (χ1n) is 4.81. The fourth-order valence-corrected chi connectivity index (χ4v) is 1.30. The lowest BCUT2D eigenvalue weighted by molar-refractivity contribution is 0.194. The lowest BCUT2D eigenvalue weighted by atomic mass is 10.3. The Morgan fingerprint density at radius 2 is 1.93 bits per heavy atom. The van der Waals surface area contributed by atoms with Crippen LogP contribution in [0.5, 0.6) is 0 Å². The summed E-state index contributed by atoms with van der Waals surface area (Å²) >= 11 is 5.77. The zero-order valence-corrected chi connectivity index (χ0v) is 9.18. The molecule has 0 saturated heterocycles. The summed E-state index contributed by atoms with van der Waals surface area (Å²) in [6.07, 6.45) is 2.22. The van der Waals surface area contributed by atoms with Crippen LogP contribution in [0.3, 0.4) is 0 Å². The third kappa shape index (κ3) is 4.49. The highest BCUT2D eigenvalue weighted by atomic mass is 35.5. The Hall–Kier alpha value is -0.730. The molecule has 1 aromatic rings. The number of methoxy groups -OCH3 is 1. The first-order valence-corrected chi connectivity index (χ1v) is 5.19. The molecule has 0 radical (unpaired) electrons. The minimum absolute atomic E-state index is 0.773. The Morgan fingerprint density at radius 3 is 2.57 bits per heavy atom. The van der Waals surface area contributed by atoms with E-state index in [9.17, 15) is 0 Å². The molecule has 0 bridgehead atoms. The van der Waals surface area contributed by atoms with Gasteiger partial charge < -0.3 is 10.1 Å². The summed E-state index contributed by atoms with van der Waals surface area (Å²) in [5.74, 6) is 0. The van der Waals surface area contributed by atoms with Gasteiger partial charge in [-0.1, -0.05) is 11.6 Å². The van der Waals surface area contributed by atoms with Crippen LogP contribution in [-0.4, -0.2) is 20.3 Å². The Kier molecular flexibility index (Phi) is 5.42. The normalized spacial score (nSPS) is 10.1. The molecule has 0 spiro atoms. The molecule has 1 aromatic carbocycles. The number of benzene rings is 1. The van der Waals surface area contributed by atoms with E-state index in [1.165, 1.54) is 0 Å². The van der Waals surface area contributed by atoms with Gasteiger partial charge in [-0.2, -0.15) is 0 Å². The molecule has 0 saturated carbocycles. The second-order valence-corrected chi connectivity index (χ2v) is 3.57. The highest BCUT2D eigenvalue weighted by Crippen LogP contribution is 2.13. The van der Waals surface area contributed by atoms with E-state index in [0.29, 0.717) is 0 Å². The van der Waals surface area contributed by atoms with Gasteiger partial charge in [0.1, 0.15) is 0 Å². The SMILES string of the molecule is COCCCCNc1ccc(Cl)cc1. The Bertz CT molecular complexity index is 248. The van der Waals surface area contributed by atoms with Crippen molar-refractivity contribution in [1.29, 1.82) is 0 Å². The Balaban J connectivity index is 2.15. The number of hydrogen-bond acceptors (Lipinski definition) is 2. The topological polar surface area (TPSA) is 21.3 Å². The molecule has 14 heavy (non-hydrogen) atoms. The fraction of sp³-hybridized carbons (Fsp3) is 0.455. The van der Waals surface area contributed by atoms with Crippen LogP contribution in [0.25, 0.3) is 0 Å². The maximum atomic E-state index is 5.77. The molecule has 0 unspecified atom stereocenters. The molecule has 0 aliphatic carbocycles. The molecule has 0 amide bonds. The molecule has 0 atom stereocenters. The quantitative estimate of drug-likeness (QED) is 0.733. The number of ether oxygens (including phenoxy) is 1. The third-order valence-electron chi connectivity index (χ3n) is 1.95. The standard InChI is InChI=1S/C11H16ClNO/c1-14-9-3-2-8-13-11-6-4-10(12)5-7-11/h4-7,13H,2-3,8-9H2,1H3. The van der Waals surface area contributed by atoms with E-state index in [4.69, 9.17) is 16.3 Å². The predicted molar refractivity (Wildman–Crippen MR) is 61.1 cm³/mol. The zero-order valence-electron chi connectivity index (χ0n) is 8.42. The Morgan fingerprint density at radius 1 is 1.21 bits per heavy atom. The van der Waals surface area contributed by atoms with Crippen molar-refractivity contribution in [3.8, 4) is 0 Å². The van der Waals surface area contributed by atoms with Crippen molar-refractivity contribution in [3.05, 3.63) is 29.3 Å². The fourth-order valence-electron chi connectivity index (χ4n) is 1.17. The predicted octanol–water partition coefficient (Wildman–Crippen LogP) is 3.18. The van der Waals surface area contributed by atoms with Gasteiger partial charge in [-0.3, -0.25) is 0 Å². The summed E-state index contributed by atoms with van der Waals surface area (Å²) in [7, 11) is 1.73. The average molecular weight is 214 g/mol. The summed E-state index contributed by atoms with van der Waals surface area (Å²) in [5.41, 5.74) is 1.12. The minimum atomic E-state index is 0.773. The van der Waals surface area contributed by atoms with Crippen LogP contribution in [0, 0.1) is 0 Å². The molecule has 1 rings (SSSR count). The molecule has 3 heteroatoms. The summed E-state index contributed by atoms with van der Waals surface area (Å²) in [5, 5.41) is 4.09. The van der Waals surface area contributed by atoms with Crippen molar-refractivity contribution >= 4 is 17.3 Å². The summed E-state index contributed by atoms with van der Waals surface area (Å²) in [6, 6.07) is 7.75. The van der Waals surface area contributed by atoms with Gasteiger partial charge in [0, 0.05) is 31.0 Å². The van der Waals surface area contributed by atoms with Gasteiger partial charge in [0.2, 0.25) is 0 Å². The van der Waals surface area contributed by atoms with E-state index in [-0.39, 0.29) is 0 Å². The largest absolute Gasteiger partial charge is 0.385 e. The van der Waals surface area contributed by atoms with E-state index < -0.39 is 0 Å². The van der Waals surface area contributed by atoms with Crippen molar-refractivity contribution < 1.29 is 4.74 Å². The minimum Gasteiger partial charge on any atom is -0.385 e. The van der Waals surface area contributed by atoms with Gasteiger partial charge in [-0.05, 0) is 37.1 Å². The summed E-state index contributed by atoms with van der Waals surface area (Å²) in [6.45, 7) is 1.81. The van der Waals surface area contributed by atoms with Crippen molar-refractivity contribution in [2.75, 3.05) is 25.6 Å². The van der Waals surface area contributed by atoms with E-state index in [0.717, 1.165) is 36.7 Å². The monoisotopic (exact) mass is 213 g/mol. The first kappa shape index (κ1) is 11.3. The molecule has 0 fully saturated rings. The molecule has 2 nitrogen and oxygen atoms in total. The van der Waals surface area contributed by atoms with Crippen LogP contribution >= 0.6 is 11.6 Å². The van der Waals surface area contributed by atoms with Crippen molar-refractivity contribution in [3.63, 3.8) is 0 Å². The highest BCUT2D eigenvalue weighted by molar-refractivity contribution is 6.30. The van der Waals surface area contributed by atoms with Gasteiger partial charge in [0.05, 0.1) is 0 Å². The van der Waals surface area contributed by atoms with Crippen LogP contribution in [0.4, 0.5) is 5.69 Å². The van der Waals surface area contributed by atoms with Crippen LogP contribution in [0.1, 0.15) is 12.8 Å². The van der Waals surface area contributed by atoms with Crippen molar-refractivity contribution in [2.24, 2.45) is 0 Å². The summed E-state index contributed by atoms with van der Waals surface area (Å²) < 4.78 is 4.96. The van der Waals surface area contributed by atoms with E-state index >= 15 is 0 Å². The van der Waals surface area contributed by atoms with E-state index in [1.54, 1.807) is 7.11 Å². The molecule has 0 heterocycles. The molecule has 78 valence electrons. The molecule has 0 aliphatic rings. The summed E-state index contributed by atoms with van der Waals surface area (Å²) in [4.78, 5) is 0. The second-order valence-electron chi connectivity index (χ2n) is 3.13. The molecule has 0 aliphatic heterocycles. The van der Waals surface area contributed by atoms with Gasteiger partial charge >= 0.3 is 0 Å². The van der Waals surface area contributed by atoms with Crippen LogP contribution in [0.2, 0.25) is 5.02 Å². The van der Waals surface area contributed by atoms with Gasteiger partial charge in [0.25, 0.3) is 0 Å². The lowest BCUT2D eigenvalue weighted by Crippen LogP contribution is -2.02. The molecular weight excluding hydrogens is 198 g/mol. The maximum Gasteiger partial charge on any atom is 0.0462 e. The first-order chi connectivity index (χ1) is 6.83. The van der Waals surface area contributed by atoms with E-state index in [2.05, 4.69) is 5.32 Å². The molecule has 0 aromatic heterocycles. The van der Waals surface area contributed by atoms with Crippen LogP contribution in [0.15, 0.2) is 24.3 Å². The zero-order chi connectivity index (χ0) is 10.2. The molecule has 1 N–H and O–H groups in total. The van der Waals surface area contributed by atoms with Gasteiger partial charge in [-0.15, -0.1) is 0 Å². The smallest absolute Gasteiger partial charge is 0.0462 e. The van der Waals surface area contributed by atoms with Gasteiger partial charge in [-0.25, -0.2) is 0 Å². The molecular formula is C11H16ClNO. The average Bonchev–Trinajstić information content (AvgIpc) is 2.21. The number of hydrogen-bond donors (Lipinski definition) is 1. The Labute approximate surface area is 90.2 Å². The maximum absolute atomic E-state index is 5.77. The third-order valence-corrected chi connectivity index (χ3v) is 2.20. The number of anilines is 1. The van der Waals surface area contributed by atoms with Crippen molar-refractivity contribution in [2.45, 2.75) is 12.8 Å². The van der Waals surface area contributed by atoms with Crippen molar-refractivity contribution in [1.82, 2.24) is 0 Å². The highest BCUT2D eigenvalue weighted by Gasteiger charge is 1.91. The number of unbranched alkanes of at least 4 members (excludes halogenated alkanes) is 1. The van der Waals surface area contributed by atoms with Crippen LogP contribution in [-0.2, 0) is 4.74 Å². The van der Waals surface area contributed by atoms with Gasteiger partial charge in [0.15, 0.2) is 0 Å². The lowest BCUT2D eigenvalue weighted by Gasteiger charge is -2.05.